The molecule has 1 saturated heterocycles. The SMILES string of the molecule is CC(C)[C@H](NC(=O)OC(C)(C)C)C(=O)OCC(=O)[C@H](C[C@@H]1CCCNC1=O)NC(=O)[C@H](CC1CC1)NC(=O)c1cc2cccc(F)c2[nH]1. The number of H-pyrrole nitrogens is 1. The van der Waals surface area contributed by atoms with Crippen molar-refractivity contribution >= 4 is 46.5 Å². The summed E-state index contributed by atoms with van der Waals surface area (Å²) in [5.41, 5.74) is -0.563. The van der Waals surface area contributed by atoms with Crippen molar-refractivity contribution in [3.63, 3.8) is 0 Å². The number of carbonyl (C=O) groups is 6. The standard InChI is InChI=1S/C34H46FN5O8/c1-18(2)27(40-33(46)48-34(3,4)5)32(45)47-17-26(41)23(16-21-9-7-13-36-29(21)42)38-30(43)24(14-19-11-12-19)39-31(44)25-15-20-8-6-10-22(35)28(20)37-25/h6,8,10,15,18-19,21,23-24,27,37H,7,9,11-14,16-17H2,1-5H3,(H,36,42)(H,38,43)(H,39,44)(H,40,46)/t21-,23-,24-,27-/m0/s1. The van der Waals surface area contributed by atoms with Crippen molar-refractivity contribution in [3.8, 4) is 0 Å². The Balaban J connectivity index is 1.46. The molecule has 2 aromatic rings. The number of fused-ring (bicyclic) bond motifs is 1. The molecule has 1 aromatic carbocycles. The fraction of sp³-hybridized carbons (Fsp3) is 0.588. The normalized spacial score (nSPS) is 18.3. The summed E-state index contributed by atoms with van der Waals surface area (Å²) in [5.74, 6) is -4.31. The van der Waals surface area contributed by atoms with Gasteiger partial charge in [0, 0.05) is 17.8 Å². The number of Topliss-reactive ketones (excluding diaryl/α,β-unsaturated/α-hetero) is 1. The third kappa shape index (κ3) is 10.3. The van der Waals surface area contributed by atoms with Gasteiger partial charge in [0.15, 0.2) is 12.4 Å². The van der Waals surface area contributed by atoms with Crippen molar-refractivity contribution in [3.05, 3.63) is 35.8 Å². The molecule has 1 saturated carbocycles. The Kier molecular flexibility index (Phi) is 11.8. The van der Waals surface area contributed by atoms with E-state index in [9.17, 15) is 33.2 Å². The second kappa shape index (κ2) is 15.6. The van der Waals surface area contributed by atoms with Crippen molar-refractivity contribution in [1.82, 2.24) is 26.3 Å². The first kappa shape index (κ1) is 36.3. The van der Waals surface area contributed by atoms with Gasteiger partial charge in [-0.05, 0) is 70.4 Å². The first-order valence-corrected chi connectivity index (χ1v) is 16.5. The smallest absolute Gasteiger partial charge is 0.408 e. The number of hydrogen-bond donors (Lipinski definition) is 5. The highest BCUT2D eigenvalue weighted by molar-refractivity contribution is 6.01. The molecule has 0 bridgehead atoms. The summed E-state index contributed by atoms with van der Waals surface area (Å²) in [5, 5.41) is 11.2. The summed E-state index contributed by atoms with van der Waals surface area (Å²) < 4.78 is 24.8. The van der Waals surface area contributed by atoms with Crippen LogP contribution in [0.1, 0.15) is 83.6 Å². The number of benzene rings is 1. The van der Waals surface area contributed by atoms with Gasteiger partial charge in [-0.25, -0.2) is 14.0 Å². The van der Waals surface area contributed by atoms with Crippen LogP contribution < -0.4 is 21.3 Å². The highest BCUT2D eigenvalue weighted by atomic mass is 19.1. The van der Waals surface area contributed by atoms with Gasteiger partial charge in [0.05, 0.1) is 11.6 Å². The van der Waals surface area contributed by atoms with Gasteiger partial charge in [-0.15, -0.1) is 0 Å². The zero-order valence-electron chi connectivity index (χ0n) is 28.1. The van der Waals surface area contributed by atoms with Crippen molar-refractivity contribution < 1.29 is 42.6 Å². The number of esters is 1. The van der Waals surface area contributed by atoms with Gasteiger partial charge in [0.2, 0.25) is 11.8 Å². The zero-order chi connectivity index (χ0) is 35.2. The number of piperidine rings is 1. The van der Waals surface area contributed by atoms with E-state index in [1.807, 2.05) is 0 Å². The Bertz CT molecular complexity index is 1530. The molecule has 0 radical (unpaired) electrons. The van der Waals surface area contributed by atoms with Crippen molar-refractivity contribution in [2.75, 3.05) is 13.2 Å². The third-order valence-corrected chi connectivity index (χ3v) is 8.31. The van der Waals surface area contributed by atoms with Crippen molar-refractivity contribution in [1.29, 1.82) is 0 Å². The molecule has 4 atom stereocenters. The summed E-state index contributed by atoms with van der Waals surface area (Å²) in [4.78, 5) is 81.1. The van der Waals surface area contributed by atoms with Gasteiger partial charge in [0.25, 0.3) is 5.91 Å². The molecular weight excluding hydrogens is 625 g/mol. The first-order chi connectivity index (χ1) is 22.6. The molecule has 0 unspecified atom stereocenters. The number of ether oxygens (including phenoxy) is 2. The predicted octanol–water partition coefficient (Wildman–Crippen LogP) is 3.27. The fourth-order valence-electron chi connectivity index (χ4n) is 5.55. The van der Waals surface area contributed by atoms with Crippen LogP contribution in [-0.2, 0) is 28.7 Å². The van der Waals surface area contributed by atoms with E-state index in [4.69, 9.17) is 9.47 Å². The lowest BCUT2D eigenvalue weighted by Gasteiger charge is -2.28. The summed E-state index contributed by atoms with van der Waals surface area (Å²) in [7, 11) is 0. The highest BCUT2D eigenvalue weighted by Crippen LogP contribution is 2.34. The predicted molar refractivity (Wildman–Crippen MR) is 173 cm³/mol. The number of nitrogens with one attached hydrogen (secondary N) is 5. The first-order valence-electron chi connectivity index (χ1n) is 16.5. The molecule has 1 aliphatic heterocycles. The number of hydrogen-bond acceptors (Lipinski definition) is 8. The molecule has 14 heteroatoms. The molecule has 1 aromatic heterocycles. The summed E-state index contributed by atoms with van der Waals surface area (Å²) in [6.45, 7) is 8.20. The minimum absolute atomic E-state index is 0.0386. The molecular formula is C34H46FN5O8. The average Bonchev–Trinajstić information content (AvgIpc) is 3.71. The summed E-state index contributed by atoms with van der Waals surface area (Å²) in [6, 6.07) is 2.59. The number of carbonyl (C=O) groups excluding carboxylic acids is 6. The number of para-hydroxylation sites is 1. The molecule has 13 nitrogen and oxygen atoms in total. The van der Waals surface area contributed by atoms with Crippen LogP contribution in [0.5, 0.6) is 0 Å². The van der Waals surface area contributed by atoms with Crippen LogP contribution in [0.25, 0.3) is 10.9 Å². The highest BCUT2D eigenvalue weighted by Gasteiger charge is 2.36. The number of rotatable bonds is 14. The van der Waals surface area contributed by atoms with Crippen LogP contribution in [0, 0.1) is 23.6 Å². The van der Waals surface area contributed by atoms with Gasteiger partial charge < -0.3 is 35.7 Å². The maximum absolute atomic E-state index is 14.2. The van der Waals surface area contributed by atoms with E-state index >= 15 is 0 Å². The van der Waals surface area contributed by atoms with Gasteiger partial charge in [-0.1, -0.05) is 38.8 Å². The number of aromatic amines is 1. The molecule has 262 valence electrons. The maximum atomic E-state index is 14.2. The van der Waals surface area contributed by atoms with Gasteiger partial charge >= 0.3 is 12.1 Å². The topological polar surface area (TPSA) is 185 Å². The van der Waals surface area contributed by atoms with Crippen LogP contribution >= 0.6 is 0 Å². The fourth-order valence-corrected chi connectivity index (χ4v) is 5.55. The molecule has 48 heavy (non-hydrogen) atoms. The summed E-state index contributed by atoms with van der Waals surface area (Å²) >= 11 is 0. The lowest BCUT2D eigenvalue weighted by molar-refractivity contribution is -0.152. The third-order valence-electron chi connectivity index (χ3n) is 8.31. The van der Waals surface area contributed by atoms with Crippen LogP contribution in [0.15, 0.2) is 24.3 Å². The lowest BCUT2D eigenvalue weighted by Crippen LogP contribution is -2.54. The molecule has 2 aliphatic rings. The minimum atomic E-state index is -1.21. The number of aromatic nitrogens is 1. The number of halogens is 1. The molecule has 1 aliphatic carbocycles. The van der Waals surface area contributed by atoms with E-state index < -0.39 is 77.6 Å². The Morgan fingerprint density at radius 3 is 2.35 bits per heavy atom. The van der Waals surface area contributed by atoms with E-state index in [0.29, 0.717) is 31.2 Å². The molecule has 5 N–H and O–H groups in total. The Morgan fingerprint density at radius 2 is 1.73 bits per heavy atom. The second-order valence-electron chi connectivity index (χ2n) is 14.0. The quantitative estimate of drug-likeness (QED) is 0.190. The molecule has 2 heterocycles. The van der Waals surface area contributed by atoms with Crippen LogP contribution in [-0.4, -0.2) is 77.4 Å². The van der Waals surface area contributed by atoms with Crippen molar-refractivity contribution in [2.45, 2.75) is 96.9 Å². The molecule has 4 rings (SSSR count). The Labute approximate surface area is 278 Å². The molecule has 0 spiro atoms. The van der Waals surface area contributed by atoms with Crippen LogP contribution in [0.2, 0.25) is 0 Å². The Hall–Kier alpha value is -4.49. The van der Waals surface area contributed by atoms with Gasteiger partial charge in [-0.2, -0.15) is 0 Å². The number of ketones is 1. The van der Waals surface area contributed by atoms with E-state index in [1.54, 1.807) is 40.7 Å². The monoisotopic (exact) mass is 671 g/mol. The van der Waals surface area contributed by atoms with E-state index in [2.05, 4.69) is 26.3 Å². The molecule has 2 fully saturated rings. The van der Waals surface area contributed by atoms with Gasteiger partial charge in [-0.3, -0.25) is 19.2 Å². The van der Waals surface area contributed by atoms with E-state index in [1.165, 1.54) is 18.2 Å². The number of amides is 4. The van der Waals surface area contributed by atoms with Gasteiger partial charge in [0.1, 0.15) is 29.2 Å². The van der Waals surface area contributed by atoms with E-state index in [0.717, 1.165) is 12.8 Å². The minimum Gasteiger partial charge on any atom is -0.456 e. The van der Waals surface area contributed by atoms with Crippen LogP contribution in [0.4, 0.5) is 9.18 Å². The average molecular weight is 672 g/mol. The summed E-state index contributed by atoms with van der Waals surface area (Å²) in [6.07, 6.45) is 2.41. The largest absolute Gasteiger partial charge is 0.456 e. The zero-order valence-corrected chi connectivity index (χ0v) is 28.1. The number of alkyl carbamates (subject to hydrolysis) is 1. The lowest BCUT2D eigenvalue weighted by atomic mass is 9.90. The van der Waals surface area contributed by atoms with E-state index in [-0.39, 0.29) is 29.5 Å². The maximum Gasteiger partial charge on any atom is 0.408 e. The van der Waals surface area contributed by atoms with Crippen molar-refractivity contribution in [2.24, 2.45) is 17.8 Å². The Morgan fingerprint density at radius 1 is 1.00 bits per heavy atom. The van der Waals surface area contributed by atoms with Crippen LogP contribution in [0.3, 0.4) is 0 Å². The molecule has 4 amide bonds. The second-order valence-corrected chi connectivity index (χ2v) is 14.0.